The fourth-order valence-electron chi connectivity index (χ4n) is 4.44. The Kier molecular flexibility index (Phi) is 3.50. The predicted molar refractivity (Wildman–Crippen MR) is 73.9 cm³/mol. The fourth-order valence-corrected chi connectivity index (χ4v) is 4.91. The van der Waals surface area contributed by atoms with Crippen LogP contribution in [0.2, 0.25) is 0 Å². The number of fused-ring (bicyclic) bond motifs is 5. The van der Waals surface area contributed by atoms with Crippen LogP contribution in [0.5, 0.6) is 0 Å². The number of nitrogens with one attached hydrogen (secondary N) is 1. The zero-order valence-electron chi connectivity index (χ0n) is 11.2. The van der Waals surface area contributed by atoms with Crippen molar-refractivity contribution in [2.75, 3.05) is 12.0 Å². The lowest BCUT2D eigenvalue weighted by Crippen LogP contribution is -2.42. The Labute approximate surface area is 117 Å². The van der Waals surface area contributed by atoms with Gasteiger partial charge in [0.25, 0.3) is 0 Å². The molecule has 2 bridgehead atoms. The van der Waals surface area contributed by atoms with E-state index in [0.717, 1.165) is 17.6 Å². The summed E-state index contributed by atoms with van der Waals surface area (Å²) in [5, 5.41) is 11.9. The molecule has 2 N–H and O–H groups in total. The van der Waals surface area contributed by atoms with Crippen LogP contribution in [0.15, 0.2) is 0 Å². The van der Waals surface area contributed by atoms with Gasteiger partial charge in [-0.1, -0.05) is 0 Å². The summed E-state index contributed by atoms with van der Waals surface area (Å²) in [6.07, 6.45) is 6.34. The van der Waals surface area contributed by atoms with Gasteiger partial charge in [-0.3, -0.25) is 4.79 Å². The number of hydrogen-bond donors (Lipinski definition) is 2. The molecule has 3 aliphatic rings. The molecule has 0 heterocycles. The highest BCUT2D eigenvalue weighted by atomic mass is 32.2. The minimum Gasteiger partial charge on any atom is -0.480 e. The molecule has 3 aliphatic carbocycles. The number of rotatable bonds is 6. The van der Waals surface area contributed by atoms with E-state index in [4.69, 9.17) is 5.11 Å². The summed E-state index contributed by atoms with van der Waals surface area (Å²) < 4.78 is 0. The van der Waals surface area contributed by atoms with Gasteiger partial charge in [-0.05, 0) is 61.4 Å². The molecule has 4 nitrogen and oxygen atoms in total. The zero-order valence-corrected chi connectivity index (χ0v) is 12.0. The maximum atomic E-state index is 12.2. The van der Waals surface area contributed by atoms with Gasteiger partial charge in [0.2, 0.25) is 5.91 Å². The van der Waals surface area contributed by atoms with Gasteiger partial charge < -0.3 is 10.4 Å². The summed E-state index contributed by atoms with van der Waals surface area (Å²) in [6, 6.07) is -0.709. The number of carboxylic acid groups (broad SMARTS) is 1. The van der Waals surface area contributed by atoms with E-state index in [1.807, 2.05) is 6.26 Å². The van der Waals surface area contributed by atoms with Crippen molar-refractivity contribution >= 4 is 23.6 Å². The van der Waals surface area contributed by atoms with Crippen LogP contribution in [-0.2, 0) is 9.59 Å². The monoisotopic (exact) mass is 283 g/mol. The van der Waals surface area contributed by atoms with E-state index < -0.39 is 12.0 Å². The lowest BCUT2D eigenvalue weighted by Gasteiger charge is -2.15. The van der Waals surface area contributed by atoms with Crippen molar-refractivity contribution < 1.29 is 14.7 Å². The third kappa shape index (κ3) is 2.26. The van der Waals surface area contributed by atoms with Gasteiger partial charge in [-0.25, -0.2) is 4.79 Å². The van der Waals surface area contributed by atoms with Crippen LogP contribution in [0.1, 0.15) is 25.7 Å². The molecule has 5 atom stereocenters. The standard InChI is InChI=1S/C14H21NO3S/c1-19-5-4-9(14(17)18)15-13(16)12-10-7-2-3-8(6-7)11(10)12/h7-12H,2-6H2,1H3,(H,15,16)(H,17,18)/t7?,8?,9-,10?,11?,12?/m1/s1. The van der Waals surface area contributed by atoms with Gasteiger partial charge in [0.05, 0.1) is 0 Å². The van der Waals surface area contributed by atoms with Crippen LogP contribution < -0.4 is 5.32 Å². The smallest absolute Gasteiger partial charge is 0.326 e. The second kappa shape index (κ2) is 5.00. The molecule has 0 aromatic heterocycles. The number of hydrogen-bond acceptors (Lipinski definition) is 3. The van der Waals surface area contributed by atoms with E-state index in [0.29, 0.717) is 18.3 Å². The fraction of sp³-hybridized carbons (Fsp3) is 0.857. The highest BCUT2D eigenvalue weighted by Crippen LogP contribution is 2.69. The molecule has 0 aromatic rings. The van der Waals surface area contributed by atoms with Crippen LogP contribution in [0, 0.1) is 29.6 Å². The maximum Gasteiger partial charge on any atom is 0.326 e. The first-order valence-corrected chi connectivity index (χ1v) is 8.55. The van der Waals surface area contributed by atoms with E-state index in [-0.39, 0.29) is 11.8 Å². The van der Waals surface area contributed by atoms with Gasteiger partial charge in [0, 0.05) is 5.92 Å². The molecule has 0 saturated heterocycles. The molecule has 0 aliphatic heterocycles. The molecule has 4 unspecified atom stereocenters. The summed E-state index contributed by atoms with van der Waals surface area (Å²) in [5.74, 6) is 2.64. The minimum absolute atomic E-state index is 0.0000954. The molecular weight excluding hydrogens is 262 g/mol. The van der Waals surface area contributed by atoms with Crippen molar-refractivity contribution in [3.8, 4) is 0 Å². The van der Waals surface area contributed by atoms with Gasteiger partial charge in [-0.15, -0.1) is 0 Å². The van der Waals surface area contributed by atoms with E-state index in [1.54, 1.807) is 11.8 Å². The maximum absolute atomic E-state index is 12.2. The molecule has 0 spiro atoms. The molecule has 3 fully saturated rings. The number of thioether (sulfide) groups is 1. The molecule has 3 saturated carbocycles. The normalized spacial score (nSPS) is 39.7. The molecule has 0 radical (unpaired) electrons. The van der Waals surface area contributed by atoms with E-state index >= 15 is 0 Å². The lowest BCUT2D eigenvalue weighted by molar-refractivity contribution is -0.142. The van der Waals surface area contributed by atoms with Crippen LogP contribution in [0.3, 0.4) is 0 Å². The number of aliphatic carboxylic acids is 1. The third-order valence-electron chi connectivity index (χ3n) is 5.26. The average Bonchev–Trinajstić information content (AvgIpc) is 2.83. The van der Waals surface area contributed by atoms with Gasteiger partial charge >= 0.3 is 5.97 Å². The quantitative estimate of drug-likeness (QED) is 0.777. The molecular formula is C14H21NO3S. The van der Waals surface area contributed by atoms with E-state index in [2.05, 4.69) is 5.32 Å². The predicted octanol–water partition coefficient (Wildman–Crippen LogP) is 1.60. The first kappa shape index (κ1) is 13.3. The molecule has 19 heavy (non-hydrogen) atoms. The second-order valence-corrected chi connectivity index (χ2v) is 7.18. The number of carboxylic acids is 1. The first-order valence-electron chi connectivity index (χ1n) is 7.15. The number of amides is 1. The van der Waals surface area contributed by atoms with Gasteiger partial charge in [-0.2, -0.15) is 11.8 Å². The van der Waals surface area contributed by atoms with Crippen LogP contribution >= 0.6 is 11.8 Å². The molecule has 0 aromatic carbocycles. The Morgan fingerprint density at radius 2 is 1.95 bits per heavy atom. The molecule has 1 amide bonds. The summed E-state index contributed by atoms with van der Waals surface area (Å²) in [4.78, 5) is 23.4. The summed E-state index contributed by atoms with van der Waals surface area (Å²) in [6.45, 7) is 0. The largest absolute Gasteiger partial charge is 0.480 e. The molecule has 3 rings (SSSR count). The second-order valence-electron chi connectivity index (χ2n) is 6.19. The Balaban J connectivity index is 1.55. The Hall–Kier alpha value is -0.710. The van der Waals surface area contributed by atoms with Crippen LogP contribution in [-0.4, -0.2) is 35.0 Å². The number of carbonyl (C=O) groups excluding carboxylic acids is 1. The Morgan fingerprint density at radius 3 is 2.47 bits per heavy atom. The Bertz CT molecular complexity index is 384. The van der Waals surface area contributed by atoms with Crippen molar-refractivity contribution in [2.24, 2.45) is 29.6 Å². The van der Waals surface area contributed by atoms with E-state index in [1.165, 1.54) is 19.3 Å². The number of carbonyl (C=O) groups is 2. The summed E-state index contributed by atoms with van der Waals surface area (Å²) in [5.41, 5.74) is 0. The topological polar surface area (TPSA) is 66.4 Å². The minimum atomic E-state index is -0.906. The third-order valence-corrected chi connectivity index (χ3v) is 5.91. The first-order chi connectivity index (χ1) is 9.13. The Morgan fingerprint density at radius 1 is 1.32 bits per heavy atom. The van der Waals surface area contributed by atoms with Crippen molar-refractivity contribution in [1.29, 1.82) is 0 Å². The van der Waals surface area contributed by atoms with Crippen molar-refractivity contribution in [3.63, 3.8) is 0 Å². The summed E-state index contributed by atoms with van der Waals surface area (Å²) in [7, 11) is 0. The van der Waals surface area contributed by atoms with Crippen molar-refractivity contribution in [3.05, 3.63) is 0 Å². The van der Waals surface area contributed by atoms with Gasteiger partial charge in [0.1, 0.15) is 6.04 Å². The van der Waals surface area contributed by atoms with Crippen molar-refractivity contribution in [2.45, 2.75) is 31.7 Å². The zero-order chi connectivity index (χ0) is 13.6. The van der Waals surface area contributed by atoms with E-state index in [9.17, 15) is 9.59 Å². The average molecular weight is 283 g/mol. The lowest BCUT2D eigenvalue weighted by atomic mass is 10.0. The summed E-state index contributed by atoms with van der Waals surface area (Å²) >= 11 is 1.61. The van der Waals surface area contributed by atoms with Crippen LogP contribution in [0.4, 0.5) is 0 Å². The van der Waals surface area contributed by atoms with Crippen molar-refractivity contribution in [1.82, 2.24) is 5.32 Å². The molecule has 106 valence electrons. The molecule has 5 heteroatoms. The SMILES string of the molecule is CSCC[C@@H](NC(=O)C1C2C3CCC(C3)C12)C(=O)O. The highest BCUT2D eigenvalue weighted by molar-refractivity contribution is 7.98. The van der Waals surface area contributed by atoms with Crippen LogP contribution in [0.25, 0.3) is 0 Å². The van der Waals surface area contributed by atoms with Gasteiger partial charge in [0.15, 0.2) is 0 Å². The highest BCUT2D eigenvalue weighted by Gasteiger charge is 2.67.